The second-order valence-corrected chi connectivity index (χ2v) is 5.07. The van der Waals surface area contributed by atoms with E-state index in [9.17, 15) is 0 Å². The lowest BCUT2D eigenvalue weighted by molar-refractivity contribution is 0.0904. The van der Waals surface area contributed by atoms with Crippen molar-refractivity contribution in [3.05, 3.63) is 29.8 Å². The maximum atomic E-state index is 6.11. The molecule has 0 saturated heterocycles. The van der Waals surface area contributed by atoms with Crippen LogP contribution in [-0.4, -0.2) is 20.3 Å². The van der Waals surface area contributed by atoms with E-state index in [-0.39, 0.29) is 6.04 Å². The van der Waals surface area contributed by atoms with Gasteiger partial charge in [-0.1, -0.05) is 25.0 Å². The third-order valence-corrected chi connectivity index (χ3v) is 3.67. The van der Waals surface area contributed by atoms with Gasteiger partial charge in [0.2, 0.25) is 0 Å². The summed E-state index contributed by atoms with van der Waals surface area (Å²) in [4.78, 5) is 0. The SMILES string of the molecule is COc1ccc(C(N)COCC2CCCC2)cc1. The summed E-state index contributed by atoms with van der Waals surface area (Å²) >= 11 is 0. The minimum Gasteiger partial charge on any atom is -0.497 e. The fourth-order valence-electron chi connectivity index (χ4n) is 2.49. The van der Waals surface area contributed by atoms with Crippen molar-refractivity contribution in [2.45, 2.75) is 31.7 Å². The Morgan fingerprint density at radius 3 is 2.50 bits per heavy atom. The van der Waals surface area contributed by atoms with E-state index in [0.29, 0.717) is 6.61 Å². The molecule has 1 atom stereocenters. The van der Waals surface area contributed by atoms with Crippen molar-refractivity contribution >= 4 is 0 Å². The summed E-state index contributed by atoms with van der Waals surface area (Å²) in [6.07, 6.45) is 5.35. The normalized spacial score (nSPS) is 17.9. The predicted octanol–water partition coefficient (Wildman–Crippen LogP) is 2.90. The van der Waals surface area contributed by atoms with E-state index in [1.54, 1.807) is 7.11 Å². The van der Waals surface area contributed by atoms with Crippen LogP contribution in [0.25, 0.3) is 0 Å². The third kappa shape index (κ3) is 3.72. The summed E-state index contributed by atoms with van der Waals surface area (Å²) in [5.41, 5.74) is 7.20. The Labute approximate surface area is 109 Å². The molecule has 1 unspecified atom stereocenters. The second kappa shape index (κ2) is 6.76. The zero-order valence-corrected chi connectivity index (χ0v) is 11.1. The smallest absolute Gasteiger partial charge is 0.118 e. The highest BCUT2D eigenvalue weighted by Gasteiger charge is 2.15. The molecule has 0 aliphatic heterocycles. The number of hydrogen-bond donors (Lipinski definition) is 1. The Morgan fingerprint density at radius 2 is 1.89 bits per heavy atom. The van der Waals surface area contributed by atoms with Gasteiger partial charge in [0.25, 0.3) is 0 Å². The number of nitrogens with two attached hydrogens (primary N) is 1. The van der Waals surface area contributed by atoms with E-state index < -0.39 is 0 Å². The van der Waals surface area contributed by atoms with Crippen molar-refractivity contribution in [1.29, 1.82) is 0 Å². The van der Waals surface area contributed by atoms with Crippen molar-refractivity contribution in [3.8, 4) is 5.75 Å². The average Bonchev–Trinajstić information content (AvgIpc) is 2.92. The Kier molecular flexibility index (Phi) is 5.02. The van der Waals surface area contributed by atoms with E-state index >= 15 is 0 Å². The standard InChI is InChI=1S/C15H23NO2/c1-17-14-8-6-13(7-9-14)15(16)11-18-10-12-4-2-3-5-12/h6-9,12,15H,2-5,10-11,16H2,1H3. The summed E-state index contributed by atoms with van der Waals surface area (Å²) in [6, 6.07) is 7.83. The average molecular weight is 249 g/mol. The summed E-state index contributed by atoms with van der Waals surface area (Å²) in [5, 5.41) is 0. The van der Waals surface area contributed by atoms with Crippen LogP contribution < -0.4 is 10.5 Å². The zero-order valence-electron chi connectivity index (χ0n) is 11.1. The molecule has 3 heteroatoms. The molecule has 0 aromatic heterocycles. The minimum atomic E-state index is -0.0442. The van der Waals surface area contributed by atoms with Gasteiger partial charge in [-0.05, 0) is 36.5 Å². The Morgan fingerprint density at radius 1 is 1.22 bits per heavy atom. The van der Waals surface area contributed by atoms with Gasteiger partial charge in [0, 0.05) is 6.61 Å². The zero-order chi connectivity index (χ0) is 12.8. The number of ether oxygens (including phenoxy) is 2. The molecule has 1 saturated carbocycles. The number of rotatable bonds is 6. The van der Waals surface area contributed by atoms with Gasteiger partial charge in [-0.25, -0.2) is 0 Å². The lowest BCUT2D eigenvalue weighted by atomic mass is 10.1. The van der Waals surface area contributed by atoms with Gasteiger partial charge in [-0.3, -0.25) is 0 Å². The fourth-order valence-corrected chi connectivity index (χ4v) is 2.49. The molecule has 3 nitrogen and oxygen atoms in total. The first kappa shape index (κ1) is 13.4. The van der Waals surface area contributed by atoms with Crippen LogP contribution in [-0.2, 0) is 4.74 Å². The highest BCUT2D eigenvalue weighted by atomic mass is 16.5. The van der Waals surface area contributed by atoms with Crippen LogP contribution in [0.2, 0.25) is 0 Å². The number of hydrogen-bond acceptors (Lipinski definition) is 3. The summed E-state index contributed by atoms with van der Waals surface area (Å²) in [7, 11) is 1.67. The first-order valence-electron chi connectivity index (χ1n) is 6.77. The van der Waals surface area contributed by atoms with E-state index in [1.807, 2.05) is 24.3 Å². The van der Waals surface area contributed by atoms with E-state index in [1.165, 1.54) is 25.7 Å². The lowest BCUT2D eigenvalue weighted by Gasteiger charge is -2.15. The van der Waals surface area contributed by atoms with Crippen LogP contribution in [0.15, 0.2) is 24.3 Å². The fraction of sp³-hybridized carbons (Fsp3) is 0.600. The van der Waals surface area contributed by atoms with Crippen LogP contribution in [0.4, 0.5) is 0 Å². The highest BCUT2D eigenvalue weighted by molar-refractivity contribution is 5.28. The maximum absolute atomic E-state index is 6.11. The molecule has 0 heterocycles. The first-order valence-corrected chi connectivity index (χ1v) is 6.77. The van der Waals surface area contributed by atoms with Gasteiger partial charge in [0.05, 0.1) is 19.8 Å². The number of benzene rings is 1. The predicted molar refractivity (Wildman–Crippen MR) is 72.7 cm³/mol. The molecule has 1 aliphatic carbocycles. The molecule has 1 fully saturated rings. The van der Waals surface area contributed by atoms with Gasteiger partial charge in [-0.2, -0.15) is 0 Å². The molecular weight excluding hydrogens is 226 g/mol. The summed E-state index contributed by atoms with van der Waals surface area (Å²) in [6.45, 7) is 1.46. The highest BCUT2D eigenvalue weighted by Crippen LogP contribution is 2.25. The van der Waals surface area contributed by atoms with Crippen molar-refractivity contribution in [1.82, 2.24) is 0 Å². The first-order chi connectivity index (χ1) is 8.79. The largest absolute Gasteiger partial charge is 0.497 e. The van der Waals surface area contributed by atoms with Gasteiger partial charge >= 0.3 is 0 Å². The van der Waals surface area contributed by atoms with Crippen molar-refractivity contribution in [3.63, 3.8) is 0 Å². The second-order valence-electron chi connectivity index (χ2n) is 5.07. The van der Waals surface area contributed by atoms with Gasteiger partial charge < -0.3 is 15.2 Å². The summed E-state index contributed by atoms with van der Waals surface area (Å²) < 4.78 is 10.9. The molecular formula is C15H23NO2. The Hall–Kier alpha value is -1.06. The lowest BCUT2D eigenvalue weighted by Crippen LogP contribution is -2.19. The van der Waals surface area contributed by atoms with Crippen LogP contribution in [0.5, 0.6) is 5.75 Å². The molecule has 0 bridgehead atoms. The maximum Gasteiger partial charge on any atom is 0.118 e. The van der Waals surface area contributed by atoms with E-state index in [4.69, 9.17) is 15.2 Å². The molecule has 0 spiro atoms. The third-order valence-electron chi connectivity index (χ3n) is 3.67. The minimum absolute atomic E-state index is 0.0442. The van der Waals surface area contributed by atoms with Gasteiger partial charge in [-0.15, -0.1) is 0 Å². The molecule has 0 radical (unpaired) electrons. The Bertz CT molecular complexity index is 344. The molecule has 2 rings (SSSR count). The Balaban J connectivity index is 1.74. The molecule has 18 heavy (non-hydrogen) atoms. The molecule has 0 amide bonds. The van der Waals surface area contributed by atoms with Gasteiger partial charge in [0.1, 0.15) is 5.75 Å². The van der Waals surface area contributed by atoms with Crippen LogP contribution in [0.1, 0.15) is 37.3 Å². The summed E-state index contributed by atoms with van der Waals surface area (Å²) in [5.74, 6) is 1.62. The molecule has 1 aromatic carbocycles. The van der Waals surface area contributed by atoms with Crippen molar-refractivity contribution < 1.29 is 9.47 Å². The molecule has 100 valence electrons. The van der Waals surface area contributed by atoms with Crippen LogP contribution in [0.3, 0.4) is 0 Å². The van der Waals surface area contributed by atoms with Crippen LogP contribution >= 0.6 is 0 Å². The van der Waals surface area contributed by atoms with E-state index in [0.717, 1.165) is 23.8 Å². The number of methoxy groups -OCH3 is 1. The van der Waals surface area contributed by atoms with Crippen molar-refractivity contribution in [2.24, 2.45) is 11.7 Å². The monoisotopic (exact) mass is 249 g/mol. The topological polar surface area (TPSA) is 44.5 Å². The molecule has 1 aromatic rings. The van der Waals surface area contributed by atoms with Crippen molar-refractivity contribution in [2.75, 3.05) is 20.3 Å². The van der Waals surface area contributed by atoms with Crippen LogP contribution in [0, 0.1) is 5.92 Å². The molecule has 2 N–H and O–H groups in total. The van der Waals surface area contributed by atoms with Gasteiger partial charge in [0.15, 0.2) is 0 Å². The molecule has 1 aliphatic rings. The van der Waals surface area contributed by atoms with E-state index in [2.05, 4.69) is 0 Å². The quantitative estimate of drug-likeness (QED) is 0.843.